The molecule has 1 aliphatic rings. The van der Waals surface area contributed by atoms with Crippen molar-refractivity contribution >= 4 is 0 Å². The van der Waals surface area contributed by atoms with Gasteiger partial charge in [-0.3, -0.25) is 0 Å². The third kappa shape index (κ3) is 2.60. The van der Waals surface area contributed by atoms with Crippen LogP contribution >= 0.6 is 0 Å². The summed E-state index contributed by atoms with van der Waals surface area (Å²) in [5, 5.41) is 13.3. The Morgan fingerprint density at radius 2 is 2.33 bits per heavy atom. The molecule has 2 unspecified atom stereocenters. The number of nitrogens with one attached hydrogen (secondary N) is 1. The molecule has 4 heteroatoms. The number of fused-ring (bicyclic) bond motifs is 1. The van der Waals surface area contributed by atoms with Crippen LogP contribution in [0.15, 0.2) is 12.1 Å². The van der Waals surface area contributed by atoms with Crippen LogP contribution in [0.25, 0.3) is 0 Å². The van der Waals surface area contributed by atoms with Gasteiger partial charge < -0.3 is 19.9 Å². The van der Waals surface area contributed by atoms with Gasteiger partial charge in [0, 0.05) is 24.1 Å². The first-order chi connectivity index (χ1) is 8.65. The fraction of sp³-hybridized carbons (Fsp3) is 0.571. The van der Waals surface area contributed by atoms with Crippen molar-refractivity contribution in [2.24, 2.45) is 0 Å². The zero-order valence-electron chi connectivity index (χ0n) is 11.2. The second kappa shape index (κ2) is 5.59. The maximum Gasteiger partial charge on any atom is 0.125 e. The van der Waals surface area contributed by atoms with E-state index < -0.39 is 6.10 Å². The number of rotatable bonds is 5. The zero-order chi connectivity index (χ0) is 13.1. The third-order valence-corrected chi connectivity index (χ3v) is 3.20. The summed E-state index contributed by atoms with van der Waals surface area (Å²) in [5.74, 6) is 1.60. The first kappa shape index (κ1) is 13.2. The molecule has 2 atom stereocenters. The van der Waals surface area contributed by atoms with E-state index in [1.54, 1.807) is 7.11 Å². The summed E-state index contributed by atoms with van der Waals surface area (Å²) in [5.41, 5.74) is 1.94. The second-order valence-corrected chi connectivity index (χ2v) is 4.66. The number of likely N-dealkylation sites (N-methyl/N-ethyl adjacent to an activating group) is 1. The lowest BCUT2D eigenvalue weighted by Crippen LogP contribution is -2.21. The van der Waals surface area contributed by atoms with Crippen molar-refractivity contribution in [3.8, 4) is 11.5 Å². The van der Waals surface area contributed by atoms with Gasteiger partial charge in [0.05, 0.1) is 13.2 Å². The zero-order valence-corrected chi connectivity index (χ0v) is 11.2. The van der Waals surface area contributed by atoms with Crippen LogP contribution in [0.2, 0.25) is 0 Å². The standard InChI is InChI=1S/C14H21NO3/c1-4-15-8-12(16)11-7-13-10(5-9(2)18-13)6-14(11)17-3/h6-7,9,12,15-16H,4-5,8H2,1-3H3. The van der Waals surface area contributed by atoms with Crippen molar-refractivity contribution in [2.45, 2.75) is 32.5 Å². The third-order valence-electron chi connectivity index (χ3n) is 3.20. The van der Waals surface area contributed by atoms with E-state index in [0.717, 1.165) is 35.6 Å². The van der Waals surface area contributed by atoms with Crippen LogP contribution < -0.4 is 14.8 Å². The Balaban J connectivity index is 2.26. The van der Waals surface area contributed by atoms with Crippen molar-refractivity contribution in [2.75, 3.05) is 20.2 Å². The van der Waals surface area contributed by atoms with Gasteiger partial charge in [-0.2, -0.15) is 0 Å². The Hall–Kier alpha value is -1.26. The average molecular weight is 251 g/mol. The summed E-state index contributed by atoms with van der Waals surface area (Å²) in [4.78, 5) is 0. The minimum absolute atomic E-state index is 0.200. The van der Waals surface area contributed by atoms with E-state index in [9.17, 15) is 5.11 Å². The van der Waals surface area contributed by atoms with Crippen LogP contribution in [-0.4, -0.2) is 31.4 Å². The fourth-order valence-electron chi connectivity index (χ4n) is 2.28. The van der Waals surface area contributed by atoms with Crippen LogP contribution in [0, 0.1) is 0 Å². The lowest BCUT2D eigenvalue weighted by molar-refractivity contribution is 0.170. The Labute approximate surface area is 108 Å². The average Bonchev–Trinajstić information content (AvgIpc) is 2.73. The summed E-state index contributed by atoms with van der Waals surface area (Å²) in [6.45, 7) is 5.40. The van der Waals surface area contributed by atoms with E-state index in [1.807, 2.05) is 26.0 Å². The Morgan fingerprint density at radius 1 is 1.56 bits per heavy atom. The quantitative estimate of drug-likeness (QED) is 0.835. The monoisotopic (exact) mass is 251 g/mol. The predicted molar refractivity (Wildman–Crippen MR) is 70.3 cm³/mol. The minimum atomic E-state index is -0.579. The number of methoxy groups -OCH3 is 1. The number of ether oxygens (including phenoxy) is 2. The van der Waals surface area contributed by atoms with Gasteiger partial charge in [-0.25, -0.2) is 0 Å². The molecule has 0 fully saturated rings. The van der Waals surface area contributed by atoms with E-state index in [-0.39, 0.29) is 6.10 Å². The summed E-state index contributed by atoms with van der Waals surface area (Å²) < 4.78 is 11.1. The molecule has 1 heterocycles. The van der Waals surface area contributed by atoms with Gasteiger partial charge in [0.2, 0.25) is 0 Å². The molecule has 0 spiro atoms. The summed E-state index contributed by atoms with van der Waals surface area (Å²) in [6, 6.07) is 3.88. The summed E-state index contributed by atoms with van der Waals surface area (Å²) >= 11 is 0. The van der Waals surface area contributed by atoms with Crippen molar-refractivity contribution in [1.29, 1.82) is 0 Å². The molecule has 2 rings (SSSR count). The molecule has 0 amide bonds. The van der Waals surface area contributed by atoms with Gasteiger partial charge >= 0.3 is 0 Å². The van der Waals surface area contributed by atoms with Gasteiger partial charge in [-0.1, -0.05) is 6.92 Å². The molecular formula is C14H21NO3. The molecule has 0 aliphatic carbocycles. The molecular weight excluding hydrogens is 230 g/mol. The van der Waals surface area contributed by atoms with Crippen LogP contribution in [0.1, 0.15) is 31.1 Å². The number of benzene rings is 1. The smallest absolute Gasteiger partial charge is 0.125 e. The SMILES string of the molecule is CCNCC(O)c1cc2c(cc1OC)CC(C)O2. The van der Waals surface area contributed by atoms with E-state index in [0.29, 0.717) is 6.54 Å². The fourth-order valence-corrected chi connectivity index (χ4v) is 2.28. The summed E-state index contributed by atoms with van der Waals surface area (Å²) in [7, 11) is 1.63. The number of aliphatic hydroxyl groups excluding tert-OH is 1. The molecule has 0 saturated heterocycles. The molecule has 1 aromatic rings. The highest BCUT2D eigenvalue weighted by atomic mass is 16.5. The second-order valence-electron chi connectivity index (χ2n) is 4.66. The highest BCUT2D eigenvalue weighted by molar-refractivity contribution is 5.49. The largest absolute Gasteiger partial charge is 0.496 e. The van der Waals surface area contributed by atoms with Gasteiger partial charge in [0.25, 0.3) is 0 Å². The van der Waals surface area contributed by atoms with E-state index in [2.05, 4.69) is 5.32 Å². The molecule has 1 aliphatic heterocycles. The highest BCUT2D eigenvalue weighted by Crippen LogP contribution is 2.37. The molecule has 0 radical (unpaired) electrons. The van der Waals surface area contributed by atoms with E-state index in [1.165, 1.54) is 0 Å². The van der Waals surface area contributed by atoms with E-state index >= 15 is 0 Å². The van der Waals surface area contributed by atoms with Crippen LogP contribution in [0.3, 0.4) is 0 Å². The predicted octanol–water partition coefficient (Wildman–Crippen LogP) is 1.66. The Kier molecular flexibility index (Phi) is 4.09. The van der Waals surface area contributed by atoms with Gasteiger partial charge in [0.1, 0.15) is 17.6 Å². The first-order valence-electron chi connectivity index (χ1n) is 6.42. The Morgan fingerprint density at radius 3 is 3.00 bits per heavy atom. The number of hydrogen-bond donors (Lipinski definition) is 2. The molecule has 1 aromatic carbocycles. The lowest BCUT2D eigenvalue weighted by Gasteiger charge is -2.16. The van der Waals surface area contributed by atoms with Crippen LogP contribution in [0.4, 0.5) is 0 Å². The van der Waals surface area contributed by atoms with Gasteiger partial charge in [-0.05, 0) is 25.6 Å². The summed E-state index contributed by atoms with van der Waals surface area (Å²) in [6.07, 6.45) is 0.519. The van der Waals surface area contributed by atoms with Crippen LogP contribution in [-0.2, 0) is 6.42 Å². The van der Waals surface area contributed by atoms with Crippen molar-refractivity contribution in [3.05, 3.63) is 23.3 Å². The maximum atomic E-state index is 10.2. The lowest BCUT2D eigenvalue weighted by atomic mass is 10.0. The molecule has 18 heavy (non-hydrogen) atoms. The Bertz CT molecular complexity index is 420. The topological polar surface area (TPSA) is 50.7 Å². The van der Waals surface area contributed by atoms with Gasteiger partial charge in [-0.15, -0.1) is 0 Å². The molecule has 0 saturated carbocycles. The molecule has 0 bridgehead atoms. The molecule has 100 valence electrons. The van der Waals surface area contributed by atoms with Crippen molar-refractivity contribution in [1.82, 2.24) is 5.32 Å². The van der Waals surface area contributed by atoms with Crippen LogP contribution in [0.5, 0.6) is 11.5 Å². The normalized spacial score (nSPS) is 19.2. The molecule has 4 nitrogen and oxygen atoms in total. The van der Waals surface area contributed by atoms with Crippen molar-refractivity contribution < 1.29 is 14.6 Å². The number of hydrogen-bond acceptors (Lipinski definition) is 4. The number of aliphatic hydroxyl groups is 1. The first-order valence-corrected chi connectivity index (χ1v) is 6.42. The molecule has 0 aromatic heterocycles. The van der Waals surface area contributed by atoms with Crippen molar-refractivity contribution in [3.63, 3.8) is 0 Å². The minimum Gasteiger partial charge on any atom is -0.496 e. The molecule has 2 N–H and O–H groups in total. The maximum absolute atomic E-state index is 10.2. The highest BCUT2D eigenvalue weighted by Gasteiger charge is 2.23. The van der Waals surface area contributed by atoms with E-state index in [4.69, 9.17) is 9.47 Å². The van der Waals surface area contributed by atoms with Gasteiger partial charge in [0.15, 0.2) is 0 Å².